The quantitative estimate of drug-likeness (QED) is 0.519. The van der Waals surface area contributed by atoms with Gasteiger partial charge in [0.25, 0.3) is 0 Å². The Morgan fingerprint density at radius 3 is 2.50 bits per heavy atom. The lowest BCUT2D eigenvalue weighted by Gasteiger charge is -2.17. The van der Waals surface area contributed by atoms with E-state index in [1.807, 2.05) is 6.92 Å². The van der Waals surface area contributed by atoms with Gasteiger partial charge in [0.1, 0.15) is 6.61 Å². The SMILES string of the molecule is C=C(CC)CC(CCOCC(F)(F)F)NC. The van der Waals surface area contributed by atoms with Gasteiger partial charge in [-0.1, -0.05) is 19.1 Å². The van der Waals surface area contributed by atoms with Crippen molar-refractivity contribution in [3.8, 4) is 0 Å². The van der Waals surface area contributed by atoms with Crippen molar-refractivity contribution in [1.82, 2.24) is 5.32 Å². The van der Waals surface area contributed by atoms with Gasteiger partial charge in [-0.15, -0.1) is 0 Å². The molecule has 0 bridgehead atoms. The fourth-order valence-corrected chi connectivity index (χ4v) is 1.25. The number of hydrogen-bond donors (Lipinski definition) is 1. The summed E-state index contributed by atoms with van der Waals surface area (Å²) in [6.07, 6.45) is -2.00. The van der Waals surface area contributed by atoms with E-state index in [1.165, 1.54) is 0 Å². The Hall–Kier alpha value is -0.550. The standard InChI is InChI=1S/C11H20F3NO/c1-4-9(2)7-10(15-3)5-6-16-8-11(12,13)14/h10,15H,2,4-8H2,1,3H3. The Morgan fingerprint density at radius 1 is 1.44 bits per heavy atom. The van der Waals surface area contributed by atoms with Gasteiger partial charge >= 0.3 is 6.18 Å². The van der Waals surface area contributed by atoms with Crippen molar-refractivity contribution in [3.05, 3.63) is 12.2 Å². The summed E-state index contributed by atoms with van der Waals surface area (Å²) in [4.78, 5) is 0. The lowest BCUT2D eigenvalue weighted by molar-refractivity contribution is -0.174. The Kier molecular flexibility index (Phi) is 7.42. The third kappa shape index (κ3) is 8.73. The van der Waals surface area contributed by atoms with Gasteiger partial charge in [0.2, 0.25) is 0 Å². The first-order chi connectivity index (χ1) is 7.39. The molecule has 0 aliphatic rings. The fourth-order valence-electron chi connectivity index (χ4n) is 1.25. The molecule has 0 radical (unpaired) electrons. The molecule has 0 amide bonds. The van der Waals surface area contributed by atoms with Gasteiger partial charge in [0, 0.05) is 12.6 Å². The molecule has 0 saturated carbocycles. The summed E-state index contributed by atoms with van der Waals surface area (Å²) in [5, 5.41) is 3.04. The van der Waals surface area contributed by atoms with E-state index in [-0.39, 0.29) is 12.6 Å². The van der Waals surface area contributed by atoms with Crippen LogP contribution in [0, 0.1) is 0 Å². The first-order valence-corrected chi connectivity index (χ1v) is 5.37. The van der Waals surface area contributed by atoms with Crippen LogP contribution in [-0.2, 0) is 4.74 Å². The predicted octanol–water partition coefficient (Wildman–Crippen LogP) is 2.90. The summed E-state index contributed by atoms with van der Waals surface area (Å²) in [5.41, 5.74) is 1.09. The molecular weight excluding hydrogens is 219 g/mol. The summed E-state index contributed by atoms with van der Waals surface area (Å²) in [5.74, 6) is 0. The van der Waals surface area contributed by atoms with E-state index in [4.69, 9.17) is 0 Å². The van der Waals surface area contributed by atoms with Crippen LogP contribution in [0.2, 0.25) is 0 Å². The second-order valence-electron chi connectivity index (χ2n) is 3.75. The topological polar surface area (TPSA) is 21.3 Å². The molecule has 0 aliphatic carbocycles. The molecule has 0 spiro atoms. The predicted molar refractivity (Wildman–Crippen MR) is 58.4 cm³/mol. The average Bonchev–Trinajstić information content (AvgIpc) is 2.20. The van der Waals surface area contributed by atoms with E-state index in [1.54, 1.807) is 7.05 Å². The zero-order valence-electron chi connectivity index (χ0n) is 9.86. The molecule has 0 aromatic heterocycles. The number of ether oxygens (including phenoxy) is 1. The zero-order chi connectivity index (χ0) is 12.6. The van der Waals surface area contributed by atoms with Gasteiger partial charge < -0.3 is 10.1 Å². The number of hydrogen-bond acceptors (Lipinski definition) is 2. The molecule has 96 valence electrons. The Labute approximate surface area is 94.9 Å². The molecule has 0 aromatic carbocycles. The van der Waals surface area contributed by atoms with Crippen LogP contribution in [-0.4, -0.2) is 32.5 Å². The number of nitrogens with one attached hydrogen (secondary N) is 1. The summed E-state index contributed by atoms with van der Waals surface area (Å²) < 4.78 is 39.9. The lowest BCUT2D eigenvalue weighted by Crippen LogP contribution is -2.28. The zero-order valence-corrected chi connectivity index (χ0v) is 9.86. The Bertz CT molecular complexity index is 204. The highest BCUT2D eigenvalue weighted by Gasteiger charge is 2.27. The molecule has 1 unspecified atom stereocenters. The minimum atomic E-state index is -4.23. The smallest absolute Gasteiger partial charge is 0.372 e. The van der Waals surface area contributed by atoms with Gasteiger partial charge in [-0.05, 0) is 26.3 Å². The Balaban J connectivity index is 3.67. The van der Waals surface area contributed by atoms with E-state index >= 15 is 0 Å². The summed E-state index contributed by atoms with van der Waals surface area (Å²) in [7, 11) is 1.79. The highest BCUT2D eigenvalue weighted by atomic mass is 19.4. The van der Waals surface area contributed by atoms with E-state index in [0.717, 1.165) is 18.4 Å². The minimum absolute atomic E-state index is 0.113. The van der Waals surface area contributed by atoms with Crippen molar-refractivity contribution in [3.63, 3.8) is 0 Å². The maximum absolute atomic E-state index is 11.8. The molecule has 5 heteroatoms. The largest absolute Gasteiger partial charge is 0.411 e. The van der Waals surface area contributed by atoms with Gasteiger partial charge in [-0.25, -0.2) is 0 Å². The summed E-state index contributed by atoms with van der Waals surface area (Å²) in [6.45, 7) is 4.82. The maximum Gasteiger partial charge on any atom is 0.411 e. The highest BCUT2D eigenvalue weighted by molar-refractivity contribution is 4.96. The van der Waals surface area contributed by atoms with Crippen LogP contribution in [0.1, 0.15) is 26.2 Å². The molecule has 0 aliphatic heterocycles. The monoisotopic (exact) mass is 239 g/mol. The van der Waals surface area contributed by atoms with Crippen molar-refractivity contribution >= 4 is 0 Å². The molecule has 1 N–H and O–H groups in total. The molecule has 2 nitrogen and oxygen atoms in total. The highest BCUT2D eigenvalue weighted by Crippen LogP contribution is 2.15. The lowest BCUT2D eigenvalue weighted by atomic mass is 10.0. The molecule has 0 aromatic rings. The van der Waals surface area contributed by atoms with E-state index in [9.17, 15) is 13.2 Å². The van der Waals surface area contributed by atoms with Crippen molar-refractivity contribution in [1.29, 1.82) is 0 Å². The molecule has 1 atom stereocenters. The van der Waals surface area contributed by atoms with Gasteiger partial charge in [-0.3, -0.25) is 0 Å². The third-order valence-corrected chi connectivity index (χ3v) is 2.32. The van der Waals surface area contributed by atoms with Crippen molar-refractivity contribution in [2.24, 2.45) is 0 Å². The number of rotatable bonds is 8. The van der Waals surface area contributed by atoms with Crippen LogP contribution in [0.15, 0.2) is 12.2 Å². The molecule has 0 heterocycles. The summed E-state index contributed by atoms with van der Waals surface area (Å²) >= 11 is 0. The van der Waals surface area contributed by atoms with Crippen LogP contribution < -0.4 is 5.32 Å². The molecule has 0 fully saturated rings. The molecule has 0 saturated heterocycles. The van der Waals surface area contributed by atoms with Crippen LogP contribution in [0.4, 0.5) is 13.2 Å². The first-order valence-electron chi connectivity index (χ1n) is 5.37. The summed E-state index contributed by atoms with van der Waals surface area (Å²) in [6, 6.07) is 0.140. The van der Waals surface area contributed by atoms with Crippen LogP contribution in [0.3, 0.4) is 0 Å². The second-order valence-corrected chi connectivity index (χ2v) is 3.75. The van der Waals surface area contributed by atoms with Crippen LogP contribution in [0.25, 0.3) is 0 Å². The van der Waals surface area contributed by atoms with Crippen molar-refractivity contribution in [2.45, 2.75) is 38.4 Å². The van der Waals surface area contributed by atoms with Crippen LogP contribution >= 0.6 is 0 Å². The normalized spacial score (nSPS) is 13.8. The number of alkyl halides is 3. The fraction of sp³-hybridized carbons (Fsp3) is 0.818. The van der Waals surface area contributed by atoms with Crippen molar-refractivity contribution in [2.75, 3.05) is 20.3 Å². The maximum atomic E-state index is 11.8. The number of halogens is 3. The molecule has 0 rings (SSSR count). The van der Waals surface area contributed by atoms with E-state index in [2.05, 4.69) is 16.6 Å². The second kappa shape index (κ2) is 7.68. The van der Waals surface area contributed by atoms with Crippen molar-refractivity contribution < 1.29 is 17.9 Å². The van der Waals surface area contributed by atoms with Gasteiger partial charge in [0.05, 0.1) is 0 Å². The van der Waals surface area contributed by atoms with Crippen LogP contribution in [0.5, 0.6) is 0 Å². The Morgan fingerprint density at radius 2 is 2.06 bits per heavy atom. The van der Waals surface area contributed by atoms with E-state index < -0.39 is 12.8 Å². The molecule has 16 heavy (non-hydrogen) atoms. The molecular formula is C11H20F3NO. The first kappa shape index (κ1) is 15.4. The minimum Gasteiger partial charge on any atom is -0.372 e. The van der Waals surface area contributed by atoms with Gasteiger partial charge in [0.15, 0.2) is 0 Å². The van der Waals surface area contributed by atoms with Gasteiger partial charge in [-0.2, -0.15) is 13.2 Å². The third-order valence-electron chi connectivity index (χ3n) is 2.32. The van der Waals surface area contributed by atoms with E-state index in [0.29, 0.717) is 6.42 Å². The average molecular weight is 239 g/mol.